The van der Waals surface area contributed by atoms with Crippen molar-refractivity contribution < 1.29 is 4.74 Å². The lowest BCUT2D eigenvalue weighted by Gasteiger charge is -2.13. The van der Waals surface area contributed by atoms with E-state index in [0.717, 1.165) is 27.9 Å². The standard InChI is InChI=1S/C18H14N2O/c1-21-17-11-10-13-6-2-3-7-14(13)18(17)20-12-19-15-8-4-5-9-16(15)20/h2-12H,1H3. The molecule has 1 heterocycles. The lowest BCUT2D eigenvalue weighted by atomic mass is 10.1. The van der Waals surface area contributed by atoms with Gasteiger partial charge in [-0.1, -0.05) is 42.5 Å². The lowest BCUT2D eigenvalue weighted by molar-refractivity contribution is 0.414. The molecule has 0 radical (unpaired) electrons. The number of hydrogen-bond donors (Lipinski definition) is 0. The largest absolute Gasteiger partial charge is 0.495 e. The fourth-order valence-corrected chi connectivity index (χ4v) is 2.79. The second-order valence-electron chi connectivity index (χ2n) is 4.94. The molecule has 0 aliphatic heterocycles. The first-order valence-corrected chi connectivity index (χ1v) is 6.86. The van der Waals surface area contributed by atoms with Crippen LogP contribution in [0.15, 0.2) is 67.0 Å². The second kappa shape index (κ2) is 4.63. The van der Waals surface area contributed by atoms with Gasteiger partial charge in [-0.15, -0.1) is 0 Å². The zero-order chi connectivity index (χ0) is 14.2. The summed E-state index contributed by atoms with van der Waals surface area (Å²) in [5.41, 5.74) is 3.09. The quantitative estimate of drug-likeness (QED) is 0.548. The Kier molecular flexibility index (Phi) is 2.64. The van der Waals surface area contributed by atoms with Gasteiger partial charge in [-0.05, 0) is 23.6 Å². The lowest BCUT2D eigenvalue weighted by Crippen LogP contribution is -1.98. The Hall–Kier alpha value is -2.81. The maximum absolute atomic E-state index is 5.58. The predicted molar refractivity (Wildman–Crippen MR) is 85.1 cm³/mol. The Morgan fingerprint density at radius 3 is 2.62 bits per heavy atom. The van der Waals surface area contributed by atoms with Crippen LogP contribution in [0.25, 0.3) is 27.5 Å². The molecule has 102 valence electrons. The average Bonchev–Trinajstić information content (AvgIpc) is 2.97. The van der Waals surface area contributed by atoms with Crippen molar-refractivity contribution in [3.05, 3.63) is 67.0 Å². The molecule has 0 amide bonds. The summed E-state index contributed by atoms with van der Waals surface area (Å²) in [6, 6.07) is 20.5. The van der Waals surface area contributed by atoms with Crippen molar-refractivity contribution >= 4 is 21.8 Å². The monoisotopic (exact) mass is 274 g/mol. The molecule has 3 heteroatoms. The van der Waals surface area contributed by atoms with Crippen LogP contribution in [0.2, 0.25) is 0 Å². The van der Waals surface area contributed by atoms with E-state index >= 15 is 0 Å². The minimum absolute atomic E-state index is 0.844. The number of benzene rings is 3. The molecular weight excluding hydrogens is 260 g/mol. The van der Waals surface area contributed by atoms with Gasteiger partial charge in [0.1, 0.15) is 12.1 Å². The minimum Gasteiger partial charge on any atom is -0.495 e. The Morgan fingerprint density at radius 2 is 1.71 bits per heavy atom. The van der Waals surface area contributed by atoms with E-state index in [2.05, 4.69) is 33.8 Å². The van der Waals surface area contributed by atoms with Gasteiger partial charge in [0.05, 0.1) is 23.8 Å². The number of rotatable bonds is 2. The van der Waals surface area contributed by atoms with Crippen molar-refractivity contribution in [1.82, 2.24) is 9.55 Å². The summed E-state index contributed by atoms with van der Waals surface area (Å²) in [4.78, 5) is 4.48. The van der Waals surface area contributed by atoms with Crippen LogP contribution in [-0.4, -0.2) is 16.7 Å². The summed E-state index contributed by atoms with van der Waals surface area (Å²) in [7, 11) is 1.70. The summed E-state index contributed by atoms with van der Waals surface area (Å²) < 4.78 is 7.67. The van der Waals surface area contributed by atoms with Gasteiger partial charge in [0.25, 0.3) is 0 Å². The highest BCUT2D eigenvalue weighted by molar-refractivity contribution is 5.94. The van der Waals surface area contributed by atoms with E-state index in [1.807, 2.05) is 42.7 Å². The molecule has 0 aliphatic rings. The van der Waals surface area contributed by atoms with Crippen molar-refractivity contribution in [1.29, 1.82) is 0 Å². The van der Waals surface area contributed by atoms with E-state index < -0.39 is 0 Å². The highest BCUT2D eigenvalue weighted by atomic mass is 16.5. The van der Waals surface area contributed by atoms with Crippen molar-refractivity contribution in [2.75, 3.05) is 7.11 Å². The number of fused-ring (bicyclic) bond motifs is 2. The van der Waals surface area contributed by atoms with E-state index in [9.17, 15) is 0 Å². The average molecular weight is 274 g/mol. The Labute approximate surface area is 122 Å². The summed E-state index contributed by atoms with van der Waals surface area (Å²) in [6.07, 6.45) is 1.86. The topological polar surface area (TPSA) is 27.1 Å². The SMILES string of the molecule is COc1ccc2ccccc2c1-n1cnc2ccccc21. The first kappa shape index (κ1) is 12.0. The maximum atomic E-state index is 5.58. The number of para-hydroxylation sites is 2. The van der Waals surface area contributed by atoms with Crippen molar-refractivity contribution in [3.8, 4) is 11.4 Å². The number of hydrogen-bond acceptors (Lipinski definition) is 2. The van der Waals surface area contributed by atoms with Crippen LogP contribution in [-0.2, 0) is 0 Å². The van der Waals surface area contributed by atoms with E-state index in [-0.39, 0.29) is 0 Å². The normalized spacial score (nSPS) is 11.1. The third-order valence-corrected chi connectivity index (χ3v) is 3.78. The van der Waals surface area contributed by atoms with Gasteiger partial charge in [-0.2, -0.15) is 0 Å². The second-order valence-corrected chi connectivity index (χ2v) is 4.94. The summed E-state index contributed by atoms with van der Waals surface area (Å²) in [5.74, 6) is 0.844. The van der Waals surface area contributed by atoms with Crippen molar-refractivity contribution in [2.45, 2.75) is 0 Å². The number of ether oxygens (including phenoxy) is 1. The third-order valence-electron chi connectivity index (χ3n) is 3.78. The Bertz CT molecular complexity index is 940. The van der Waals surface area contributed by atoms with Gasteiger partial charge in [0, 0.05) is 5.39 Å². The van der Waals surface area contributed by atoms with Crippen molar-refractivity contribution in [3.63, 3.8) is 0 Å². The number of imidazole rings is 1. The van der Waals surface area contributed by atoms with Crippen LogP contribution in [0.3, 0.4) is 0 Å². The third kappa shape index (κ3) is 1.78. The summed E-state index contributed by atoms with van der Waals surface area (Å²) >= 11 is 0. The molecule has 1 aromatic heterocycles. The van der Waals surface area contributed by atoms with Crippen molar-refractivity contribution in [2.24, 2.45) is 0 Å². The molecule has 0 saturated carbocycles. The molecule has 0 aliphatic carbocycles. The molecule has 4 aromatic rings. The Balaban J connectivity index is 2.14. The first-order valence-electron chi connectivity index (χ1n) is 6.86. The first-order chi connectivity index (χ1) is 10.4. The molecule has 21 heavy (non-hydrogen) atoms. The van der Waals surface area contributed by atoms with E-state index in [1.165, 1.54) is 5.39 Å². The van der Waals surface area contributed by atoms with Gasteiger partial charge >= 0.3 is 0 Å². The van der Waals surface area contributed by atoms with Crippen LogP contribution >= 0.6 is 0 Å². The van der Waals surface area contributed by atoms with Gasteiger partial charge in [0.15, 0.2) is 0 Å². The zero-order valence-electron chi connectivity index (χ0n) is 11.7. The molecule has 0 fully saturated rings. The molecule has 4 rings (SSSR count). The van der Waals surface area contributed by atoms with Crippen LogP contribution in [0, 0.1) is 0 Å². The molecule has 0 spiro atoms. The molecule has 3 aromatic carbocycles. The van der Waals surface area contributed by atoms with Gasteiger partial charge in [0.2, 0.25) is 0 Å². The summed E-state index contributed by atoms with van der Waals surface area (Å²) in [6.45, 7) is 0. The maximum Gasteiger partial charge on any atom is 0.143 e. The fourth-order valence-electron chi connectivity index (χ4n) is 2.79. The number of methoxy groups -OCH3 is 1. The highest BCUT2D eigenvalue weighted by Crippen LogP contribution is 2.33. The number of nitrogens with zero attached hydrogens (tertiary/aromatic N) is 2. The molecule has 0 atom stereocenters. The molecular formula is C18H14N2O. The van der Waals surface area contributed by atoms with Crippen LogP contribution in [0.1, 0.15) is 0 Å². The zero-order valence-corrected chi connectivity index (χ0v) is 11.7. The van der Waals surface area contributed by atoms with Gasteiger partial charge in [-0.25, -0.2) is 4.98 Å². The van der Waals surface area contributed by atoms with Crippen LogP contribution in [0.4, 0.5) is 0 Å². The molecule has 3 nitrogen and oxygen atoms in total. The molecule has 0 unspecified atom stereocenters. The van der Waals surface area contributed by atoms with Crippen LogP contribution in [0.5, 0.6) is 5.75 Å². The van der Waals surface area contributed by atoms with E-state index in [1.54, 1.807) is 7.11 Å². The molecule has 0 bridgehead atoms. The molecule has 0 saturated heterocycles. The van der Waals surface area contributed by atoms with E-state index in [4.69, 9.17) is 4.74 Å². The predicted octanol–water partition coefficient (Wildman–Crippen LogP) is 4.19. The number of aromatic nitrogens is 2. The van der Waals surface area contributed by atoms with Gasteiger partial charge < -0.3 is 4.74 Å². The van der Waals surface area contributed by atoms with E-state index in [0.29, 0.717) is 0 Å². The van der Waals surface area contributed by atoms with Crippen LogP contribution < -0.4 is 4.74 Å². The molecule has 0 N–H and O–H groups in total. The Morgan fingerprint density at radius 1 is 0.905 bits per heavy atom. The highest BCUT2D eigenvalue weighted by Gasteiger charge is 2.12. The van der Waals surface area contributed by atoms with Gasteiger partial charge in [-0.3, -0.25) is 4.57 Å². The smallest absolute Gasteiger partial charge is 0.143 e. The fraction of sp³-hybridized carbons (Fsp3) is 0.0556. The minimum atomic E-state index is 0.844. The summed E-state index contributed by atoms with van der Waals surface area (Å²) in [5, 5.41) is 2.34.